The van der Waals surface area contributed by atoms with Crippen LogP contribution in [0.2, 0.25) is 9.88 Å². The fraction of sp³-hybridized carbons (Fsp3) is 1.00. The van der Waals surface area contributed by atoms with Gasteiger partial charge < -0.3 is 0 Å². The molecule has 11 heavy (non-hydrogen) atoms. The van der Waals surface area contributed by atoms with E-state index in [1.807, 2.05) is 0 Å². The van der Waals surface area contributed by atoms with Crippen LogP contribution in [0.25, 0.3) is 0 Å². The summed E-state index contributed by atoms with van der Waals surface area (Å²) in [4.78, 5) is 4.30. The van der Waals surface area contributed by atoms with Gasteiger partial charge in [-0.2, -0.15) is 0 Å². The second-order valence-corrected chi connectivity index (χ2v) is 13.1. The van der Waals surface area contributed by atoms with Gasteiger partial charge >= 0.3 is 75.1 Å². The first-order valence-corrected chi connectivity index (χ1v) is 12.2. The predicted octanol–water partition coefficient (Wildman–Crippen LogP) is 2.54. The molecule has 0 fully saturated rings. The van der Waals surface area contributed by atoms with Gasteiger partial charge in [-0.1, -0.05) is 0 Å². The van der Waals surface area contributed by atoms with Gasteiger partial charge in [0.1, 0.15) is 0 Å². The van der Waals surface area contributed by atoms with E-state index in [9.17, 15) is 0 Å². The molecular weight excluding hydrogens is 247 g/mol. The second kappa shape index (κ2) is 4.67. The summed E-state index contributed by atoms with van der Waals surface area (Å²) in [6, 6.07) is 0. The van der Waals surface area contributed by atoms with Crippen molar-refractivity contribution in [3.05, 3.63) is 0 Å². The summed E-state index contributed by atoms with van der Waals surface area (Å²) >= 11 is -2.53. The molecule has 2 nitrogen and oxygen atoms in total. The van der Waals surface area contributed by atoms with E-state index in [1.165, 1.54) is 0 Å². The molecule has 0 bridgehead atoms. The minimum absolute atomic E-state index is 0.305. The first-order valence-electron chi connectivity index (χ1n) is 4.19. The van der Waals surface area contributed by atoms with E-state index < -0.39 is 19.2 Å². The van der Waals surface area contributed by atoms with Crippen LogP contribution in [-0.4, -0.2) is 31.4 Å². The molecule has 0 saturated heterocycles. The normalized spacial score (nSPS) is 13.1. The molecule has 0 spiro atoms. The first-order chi connectivity index (χ1) is 4.83. The molecule has 0 aromatic carbocycles. The quantitative estimate of drug-likeness (QED) is 0.728. The summed E-state index contributed by atoms with van der Waals surface area (Å²) in [6.45, 7) is 8.23. The molecule has 0 radical (unpaired) electrons. The van der Waals surface area contributed by atoms with Gasteiger partial charge in [-0.25, -0.2) is 0 Å². The zero-order valence-electron chi connectivity index (χ0n) is 8.47. The minimum atomic E-state index is -2.53. The van der Waals surface area contributed by atoms with E-state index in [2.05, 4.69) is 37.6 Å². The Morgan fingerprint density at radius 3 is 1.27 bits per heavy atom. The zero-order valence-corrected chi connectivity index (χ0v) is 11.3. The molecule has 0 atom stereocenters. The molecule has 0 aromatic heterocycles. The van der Waals surface area contributed by atoms with Crippen LogP contribution in [0.4, 0.5) is 0 Å². The molecular formula is C8H20O2Sn. The van der Waals surface area contributed by atoms with Crippen molar-refractivity contribution in [1.82, 2.24) is 0 Å². The van der Waals surface area contributed by atoms with E-state index in [0.717, 1.165) is 0 Å². The van der Waals surface area contributed by atoms with Crippen LogP contribution >= 0.6 is 0 Å². The molecule has 0 saturated carbocycles. The van der Waals surface area contributed by atoms with Crippen LogP contribution in [0.3, 0.4) is 0 Å². The summed E-state index contributed by atoms with van der Waals surface area (Å²) in [5, 5.41) is 0. The van der Waals surface area contributed by atoms with Crippen molar-refractivity contribution in [2.24, 2.45) is 0 Å². The maximum atomic E-state index is 5.74. The van der Waals surface area contributed by atoms with Crippen LogP contribution in [0.5, 0.6) is 0 Å². The van der Waals surface area contributed by atoms with Crippen molar-refractivity contribution in [2.75, 3.05) is 0 Å². The zero-order chi connectivity index (χ0) is 9.07. The van der Waals surface area contributed by atoms with Crippen molar-refractivity contribution in [3.63, 3.8) is 0 Å². The Hall–Kier alpha value is 0.719. The van der Waals surface area contributed by atoms with Crippen molar-refractivity contribution < 1.29 is 6.15 Å². The fourth-order valence-electron chi connectivity index (χ4n) is 1.16. The van der Waals surface area contributed by atoms with Gasteiger partial charge in [0.05, 0.1) is 0 Å². The average Bonchev–Trinajstić information content (AvgIpc) is 1.53. The Morgan fingerprint density at radius 1 is 0.818 bits per heavy atom. The number of hydrogen-bond donors (Lipinski definition) is 0. The summed E-state index contributed by atoms with van der Waals surface area (Å²) in [6.07, 6.45) is 0.610. The molecule has 0 aliphatic heterocycles. The van der Waals surface area contributed by atoms with Gasteiger partial charge in [-0.05, 0) is 0 Å². The van der Waals surface area contributed by atoms with Gasteiger partial charge in [0.15, 0.2) is 0 Å². The van der Waals surface area contributed by atoms with E-state index in [-0.39, 0.29) is 0 Å². The van der Waals surface area contributed by atoms with Crippen LogP contribution in [0.15, 0.2) is 0 Å². The third-order valence-electron chi connectivity index (χ3n) is 1.04. The van der Waals surface area contributed by atoms with Gasteiger partial charge in [-0.3, -0.25) is 0 Å². The Balaban J connectivity index is 3.79. The van der Waals surface area contributed by atoms with E-state index in [0.29, 0.717) is 12.2 Å². The van der Waals surface area contributed by atoms with Crippen LogP contribution < -0.4 is 0 Å². The Labute approximate surface area is 75.2 Å². The Morgan fingerprint density at radius 2 is 1.09 bits per heavy atom. The van der Waals surface area contributed by atoms with Crippen molar-refractivity contribution >= 4 is 19.2 Å². The fourth-order valence-corrected chi connectivity index (χ4v) is 7.80. The summed E-state index contributed by atoms with van der Waals surface area (Å²) in [5.74, 6) is 0. The number of hydrogen-bond acceptors (Lipinski definition) is 2. The topological polar surface area (TPSA) is 18.5 Å². The second-order valence-electron chi connectivity index (χ2n) is 3.73. The van der Waals surface area contributed by atoms with Crippen LogP contribution in [-0.2, 0) is 6.15 Å². The van der Waals surface area contributed by atoms with E-state index in [1.54, 1.807) is 0 Å². The Kier molecular flexibility index (Phi) is 4.98. The standard InChI is InChI=1S/2C3H7O.2CH3.Sn/c2*1-3(2)4;;;/h2*3H,1-2H3;2*1H3;/q2*-1;;;+2. The molecule has 0 aliphatic rings. The maximum absolute atomic E-state index is 5.74. The molecule has 68 valence electrons. The molecule has 0 unspecified atom stereocenters. The van der Waals surface area contributed by atoms with Crippen molar-refractivity contribution in [1.29, 1.82) is 0 Å². The van der Waals surface area contributed by atoms with Crippen LogP contribution in [0, 0.1) is 0 Å². The molecule has 0 rings (SSSR count). The summed E-state index contributed by atoms with van der Waals surface area (Å²) in [7, 11) is 0. The van der Waals surface area contributed by atoms with Gasteiger partial charge in [0.2, 0.25) is 0 Å². The average molecular weight is 267 g/mol. The van der Waals surface area contributed by atoms with Gasteiger partial charge in [-0.15, -0.1) is 0 Å². The van der Waals surface area contributed by atoms with Gasteiger partial charge in [0.25, 0.3) is 0 Å². The van der Waals surface area contributed by atoms with Crippen molar-refractivity contribution in [2.45, 2.75) is 49.8 Å². The van der Waals surface area contributed by atoms with E-state index >= 15 is 0 Å². The molecule has 0 aromatic rings. The summed E-state index contributed by atoms with van der Waals surface area (Å²) < 4.78 is 11.5. The Bertz CT molecular complexity index is 98.7. The number of rotatable bonds is 4. The monoisotopic (exact) mass is 268 g/mol. The third-order valence-corrected chi connectivity index (χ3v) is 6.97. The third kappa shape index (κ3) is 7.09. The summed E-state index contributed by atoms with van der Waals surface area (Å²) in [5.41, 5.74) is 0. The predicted molar refractivity (Wildman–Crippen MR) is 49.9 cm³/mol. The van der Waals surface area contributed by atoms with Crippen LogP contribution in [0.1, 0.15) is 27.7 Å². The molecule has 0 heterocycles. The SMILES string of the molecule is CC(C)[O][Sn]([CH3])([CH3])[O]C(C)C. The molecule has 0 amide bonds. The molecule has 0 aliphatic carbocycles. The van der Waals surface area contributed by atoms with E-state index in [4.69, 9.17) is 6.15 Å². The van der Waals surface area contributed by atoms with Gasteiger partial charge in [0, 0.05) is 0 Å². The van der Waals surface area contributed by atoms with Crippen molar-refractivity contribution in [3.8, 4) is 0 Å². The molecule has 3 heteroatoms. The first kappa shape index (κ1) is 11.7. The molecule has 0 N–H and O–H groups in total.